The van der Waals surface area contributed by atoms with E-state index in [0.29, 0.717) is 48.8 Å². The molecule has 0 unspecified atom stereocenters. The van der Waals surface area contributed by atoms with Crippen molar-refractivity contribution in [1.29, 1.82) is 0 Å². The van der Waals surface area contributed by atoms with Crippen molar-refractivity contribution in [1.82, 2.24) is 0 Å². The summed E-state index contributed by atoms with van der Waals surface area (Å²) in [5.74, 6) is 1.14. The predicted molar refractivity (Wildman–Crippen MR) is 82.1 cm³/mol. The van der Waals surface area contributed by atoms with Crippen molar-refractivity contribution >= 4 is 15.7 Å². The highest BCUT2D eigenvalue weighted by Gasteiger charge is 2.33. The van der Waals surface area contributed by atoms with Gasteiger partial charge in [-0.2, -0.15) is 0 Å². The van der Waals surface area contributed by atoms with Crippen molar-refractivity contribution in [3.8, 4) is 11.5 Å². The summed E-state index contributed by atoms with van der Waals surface area (Å²) in [6, 6.07) is 10.8. The summed E-state index contributed by atoms with van der Waals surface area (Å²) in [6.07, 6.45) is 1.29. The molecule has 0 bridgehead atoms. The molecule has 0 fully saturated rings. The van der Waals surface area contributed by atoms with Crippen LogP contribution in [-0.4, -0.2) is 21.6 Å². The molecule has 1 N–H and O–H groups in total. The van der Waals surface area contributed by atoms with E-state index in [9.17, 15) is 8.42 Å². The van der Waals surface area contributed by atoms with Crippen molar-refractivity contribution < 1.29 is 17.9 Å². The lowest BCUT2D eigenvalue weighted by Crippen LogP contribution is -2.16. The van der Waals surface area contributed by atoms with Crippen LogP contribution in [0.25, 0.3) is 0 Å². The zero-order valence-electron chi connectivity index (χ0n) is 11.8. The van der Waals surface area contributed by atoms with Crippen LogP contribution in [0.4, 0.5) is 5.69 Å². The van der Waals surface area contributed by atoms with E-state index in [-0.39, 0.29) is 4.90 Å². The zero-order valence-corrected chi connectivity index (χ0v) is 12.7. The van der Waals surface area contributed by atoms with Crippen molar-refractivity contribution in [2.45, 2.75) is 17.7 Å². The number of rotatable bonds is 3. The molecule has 22 heavy (non-hydrogen) atoms. The van der Waals surface area contributed by atoms with Gasteiger partial charge in [0.1, 0.15) is 16.4 Å². The van der Waals surface area contributed by atoms with E-state index >= 15 is 0 Å². The monoisotopic (exact) mass is 317 g/mol. The second-order valence-corrected chi connectivity index (χ2v) is 6.96. The minimum atomic E-state index is -3.72. The SMILES string of the molecule is O=S(=O)(Nc1ccccc1)c1c2c(cc3c1OCC3)OCC2. The Bertz CT molecular complexity index is 799. The summed E-state index contributed by atoms with van der Waals surface area (Å²) in [7, 11) is -3.72. The van der Waals surface area contributed by atoms with E-state index in [2.05, 4.69) is 4.72 Å². The summed E-state index contributed by atoms with van der Waals surface area (Å²) in [5, 5.41) is 0. The molecule has 4 rings (SSSR count). The summed E-state index contributed by atoms with van der Waals surface area (Å²) in [6.45, 7) is 1.01. The number of para-hydroxylation sites is 1. The molecular weight excluding hydrogens is 302 g/mol. The van der Waals surface area contributed by atoms with Gasteiger partial charge in [-0.1, -0.05) is 18.2 Å². The van der Waals surface area contributed by atoms with Crippen LogP contribution in [0.5, 0.6) is 11.5 Å². The lowest BCUT2D eigenvalue weighted by molar-refractivity contribution is 0.348. The van der Waals surface area contributed by atoms with Gasteiger partial charge in [0.25, 0.3) is 10.0 Å². The molecular formula is C16H15NO4S. The normalized spacial score (nSPS) is 15.6. The molecule has 0 spiro atoms. The molecule has 0 saturated carbocycles. The molecule has 0 atom stereocenters. The molecule has 2 aliphatic rings. The molecule has 0 saturated heterocycles. The van der Waals surface area contributed by atoms with Crippen molar-refractivity contribution in [2.24, 2.45) is 0 Å². The van der Waals surface area contributed by atoms with Crippen LogP contribution in [0, 0.1) is 0 Å². The molecule has 114 valence electrons. The summed E-state index contributed by atoms with van der Waals surface area (Å²) < 4.78 is 39.5. The number of nitrogens with one attached hydrogen (secondary N) is 1. The van der Waals surface area contributed by atoms with Gasteiger partial charge in [-0.15, -0.1) is 0 Å². The predicted octanol–water partition coefficient (Wildman–Crippen LogP) is 2.36. The number of hydrogen-bond acceptors (Lipinski definition) is 4. The fourth-order valence-electron chi connectivity index (χ4n) is 2.94. The first-order valence-corrected chi connectivity index (χ1v) is 8.66. The Morgan fingerprint density at radius 1 is 1.00 bits per heavy atom. The van der Waals surface area contributed by atoms with E-state index in [1.54, 1.807) is 24.3 Å². The Labute approximate surface area is 128 Å². The van der Waals surface area contributed by atoms with E-state index in [4.69, 9.17) is 9.47 Å². The summed E-state index contributed by atoms with van der Waals surface area (Å²) in [5.41, 5.74) is 2.14. The molecule has 0 radical (unpaired) electrons. The van der Waals surface area contributed by atoms with E-state index in [0.717, 1.165) is 5.56 Å². The number of benzene rings is 2. The standard InChI is InChI=1S/C16H15NO4S/c18-22(19,17-12-4-2-1-3-5-12)16-13-7-9-20-14(13)10-11-6-8-21-15(11)16/h1-5,10,17H,6-9H2. The average molecular weight is 317 g/mol. The van der Waals surface area contributed by atoms with Crippen molar-refractivity contribution in [3.63, 3.8) is 0 Å². The van der Waals surface area contributed by atoms with Gasteiger partial charge < -0.3 is 9.47 Å². The summed E-state index contributed by atoms with van der Waals surface area (Å²) in [4.78, 5) is 0.235. The summed E-state index contributed by atoms with van der Waals surface area (Å²) >= 11 is 0. The lowest BCUT2D eigenvalue weighted by Gasteiger charge is -2.14. The van der Waals surface area contributed by atoms with Crippen LogP contribution in [0.1, 0.15) is 11.1 Å². The van der Waals surface area contributed by atoms with Crippen LogP contribution < -0.4 is 14.2 Å². The Hall–Kier alpha value is -2.21. The molecule has 5 nitrogen and oxygen atoms in total. The van der Waals surface area contributed by atoms with E-state index in [1.165, 1.54) is 0 Å². The molecule has 2 aromatic carbocycles. The van der Waals surface area contributed by atoms with Gasteiger partial charge in [0.15, 0.2) is 0 Å². The van der Waals surface area contributed by atoms with Crippen molar-refractivity contribution in [3.05, 3.63) is 47.5 Å². The number of sulfonamides is 1. The largest absolute Gasteiger partial charge is 0.493 e. The van der Waals surface area contributed by atoms with Gasteiger partial charge in [0.05, 0.1) is 13.2 Å². The first-order chi connectivity index (χ1) is 10.6. The van der Waals surface area contributed by atoms with Crippen LogP contribution >= 0.6 is 0 Å². The quantitative estimate of drug-likeness (QED) is 0.944. The highest BCUT2D eigenvalue weighted by molar-refractivity contribution is 7.92. The third kappa shape index (κ3) is 2.11. The molecule has 2 heterocycles. The average Bonchev–Trinajstić information content (AvgIpc) is 3.12. The second-order valence-electron chi connectivity index (χ2n) is 5.34. The number of anilines is 1. The molecule has 6 heteroatoms. The highest BCUT2D eigenvalue weighted by Crippen LogP contribution is 2.43. The number of ether oxygens (including phenoxy) is 2. The Kier molecular flexibility index (Phi) is 3.00. The minimum absolute atomic E-state index is 0.235. The number of hydrogen-bond donors (Lipinski definition) is 1. The maximum Gasteiger partial charge on any atom is 0.266 e. The maximum atomic E-state index is 12.9. The van der Waals surface area contributed by atoms with Crippen LogP contribution in [0.2, 0.25) is 0 Å². The van der Waals surface area contributed by atoms with Gasteiger partial charge in [0.2, 0.25) is 0 Å². The van der Waals surface area contributed by atoms with Crippen LogP contribution in [0.15, 0.2) is 41.3 Å². The fourth-order valence-corrected chi connectivity index (χ4v) is 4.45. The molecule has 2 aromatic rings. The van der Waals surface area contributed by atoms with Crippen LogP contribution in [-0.2, 0) is 22.9 Å². The smallest absolute Gasteiger partial charge is 0.266 e. The van der Waals surface area contributed by atoms with Gasteiger partial charge in [-0.3, -0.25) is 4.72 Å². The molecule has 0 amide bonds. The minimum Gasteiger partial charge on any atom is -0.493 e. The maximum absolute atomic E-state index is 12.9. The first kappa shape index (κ1) is 13.5. The zero-order chi connectivity index (χ0) is 15.2. The fraction of sp³-hybridized carbons (Fsp3) is 0.250. The molecule has 0 aromatic heterocycles. The Morgan fingerprint density at radius 3 is 2.59 bits per heavy atom. The molecule has 0 aliphatic carbocycles. The third-order valence-electron chi connectivity index (χ3n) is 3.90. The van der Waals surface area contributed by atoms with E-state index < -0.39 is 10.0 Å². The first-order valence-electron chi connectivity index (χ1n) is 7.17. The van der Waals surface area contributed by atoms with Gasteiger partial charge >= 0.3 is 0 Å². The third-order valence-corrected chi connectivity index (χ3v) is 5.37. The van der Waals surface area contributed by atoms with Crippen LogP contribution in [0.3, 0.4) is 0 Å². The highest BCUT2D eigenvalue weighted by atomic mass is 32.2. The molecule has 2 aliphatic heterocycles. The Morgan fingerprint density at radius 2 is 1.77 bits per heavy atom. The lowest BCUT2D eigenvalue weighted by atomic mass is 10.1. The van der Waals surface area contributed by atoms with Gasteiger partial charge in [-0.25, -0.2) is 8.42 Å². The van der Waals surface area contributed by atoms with Crippen molar-refractivity contribution in [2.75, 3.05) is 17.9 Å². The number of fused-ring (bicyclic) bond motifs is 2. The van der Waals surface area contributed by atoms with Gasteiger partial charge in [-0.05, 0) is 18.2 Å². The topological polar surface area (TPSA) is 64.6 Å². The van der Waals surface area contributed by atoms with E-state index in [1.807, 2.05) is 12.1 Å². The Balaban J connectivity index is 1.85. The van der Waals surface area contributed by atoms with Gasteiger partial charge in [0, 0.05) is 29.7 Å². The second kappa shape index (κ2) is 4.91.